The molecule has 0 saturated carbocycles. The molecule has 0 radical (unpaired) electrons. The lowest BCUT2D eigenvalue weighted by Gasteiger charge is -2.10. The molecule has 0 amide bonds. The maximum atomic E-state index is 13.8. The predicted octanol–water partition coefficient (Wildman–Crippen LogP) is 6.24. The highest BCUT2D eigenvalue weighted by Crippen LogP contribution is 2.29. The van der Waals surface area contributed by atoms with Crippen LogP contribution in [0, 0.1) is 5.82 Å². The molecular formula is C26H17FN6O. The number of hydrogen-bond acceptors (Lipinski definition) is 6. The summed E-state index contributed by atoms with van der Waals surface area (Å²) < 4.78 is 19.7. The van der Waals surface area contributed by atoms with Crippen molar-refractivity contribution in [1.82, 2.24) is 24.9 Å². The topological polar surface area (TPSA) is 88.6 Å². The number of pyridine rings is 3. The number of H-pyrrole nitrogens is 1. The third kappa shape index (κ3) is 3.88. The van der Waals surface area contributed by atoms with Gasteiger partial charge in [0.2, 0.25) is 0 Å². The van der Waals surface area contributed by atoms with Gasteiger partial charge in [-0.2, -0.15) is 0 Å². The highest BCUT2D eigenvalue weighted by Gasteiger charge is 2.10. The van der Waals surface area contributed by atoms with Crippen molar-refractivity contribution in [3.05, 3.63) is 97.5 Å². The van der Waals surface area contributed by atoms with Gasteiger partial charge in [0.1, 0.15) is 23.1 Å². The number of aromatic nitrogens is 5. The van der Waals surface area contributed by atoms with Gasteiger partial charge in [-0.3, -0.25) is 15.0 Å². The molecule has 2 aromatic carbocycles. The van der Waals surface area contributed by atoms with Crippen LogP contribution in [0.4, 0.5) is 15.8 Å². The molecule has 2 N–H and O–H groups in total. The Hall–Kier alpha value is -4.85. The minimum Gasteiger partial charge on any atom is -0.457 e. The van der Waals surface area contributed by atoms with Gasteiger partial charge in [-0.25, -0.2) is 9.37 Å². The van der Waals surface area contributed by atoms with Gasteiger partial charge >= 0.3 is 0 Å². The number of hydrogen-bond donors (Lipinski definition) is 2. The molecule has 164 valence electrons. The standard InChI is InChI=1S/C26H17FN6O/c27-17-1-3-22-21(12-17)23(7-10-30-22)31-18-11-16(14-29-15-18)26-32-24-4-2-20(13-25(24)33-26)34-19-5-8-28-9-6-19/h1-15H,(H,30,31)(H,32,33). The Morgan fingerprint density at radius 1 is 0.794 bits per heavy atom. The Morgan fingerprint density at radius 2 is 1.68 bits per heavy atom. The van der Waals surface area contributed by atoms with Crippen molar-refractivity contribution < 1.29 is 9.13 Å². The summed E-state index contributed by atoms with van der Waals surface area (Å²) in [6.45, 7) is 0. The van der Waals surface area contributed by atoms with Crippen molar-refractivity contribution in [3.8, 4) is 22.9 Å². The van der Waals surface area contributed by atoms with Crippen LogP contribution in [0.2, 0.25) is 0 Å². The molecule has 0 aliphatic heterocycles. The zero-order valence-electron chi connectivity index (χ0n) is 17.7. The van der Waals surface area contributed by atoms with Crippen LogP contribution < -0.4 is 10.1 Å². The zero-order valence-corrected chi connectivity index (χ0v) is 17.7. The average Bonchev–Trinajstić information content (AvgIpc) is 3.29. The highest BCUT2D eigenvalue weighted by molar-refractivity contribution is 5.93. The molecule has 8 heteroatoms. The Kier molecular flexibility index (Phi) is 4.81. The molecule has 6 rings (SSSR count). The smallest absolute Gasteiger partial charge is 0.140 e. The summed E-state index contributed by atoms with van der Waals surface area (Å²) in [6.07, 6.45) is 8.49. The lowest BCUT2D eigenvalue weighted by atomic mass is 10.1. The monoisotopic (exact) mass is 448 g/mol. The molecule has 0 unspecified atom stereocenters. The van der Waals surface area contributed by atoms with Crippen LogP contribution in [0.25, 0.3) is 33.3 Å². The van der Waals surface area contributed by atoms with E-state index in [0.29, 0.717) is 28.2 Å². The number of nitrogens with one attached hydrogen (secondary N) is 2. The van der Waals surface area contributed by atoms with Crippen LogP contribution in [0.5, 0.6) is 11.5 Å². The molecule has 34 heavy (non-hydrogen) atoms. The van der Waals surface area contributed by atoms with Gasteiger partial charge in [0.05, 0.1) is 28.4 Å². The number of aromatic amines is 1. The molecule has 4 aromatic heterocycles. The van der Waals surface area contributed by atoms with E-state index in [1.165, 1.54) is 12.1 Å². The van der Waals surface area contributed by atoms with E-state index in [1.54, 1.807) is 55.2 Å². The Morgan fingerprint density at radius 3 is 2.59 bits per heavy atom. The van der Waals surface area contributed by atoms with E-state index >= 15 is 0 Å². The van der Waals surface area contributed by atoms with Gasteiger partial charge < -0.3 is 15.0 Å². The summed E-state index contributed by atoms with van der Waals surface area (Å²) >= 11 is 0. The van der Waals surface area contributed by atoms with E-state index in [1.807, 2.05) is 24.3 Å². The van der Waals surface area contributed by atoms with Crippen molar-refractivity contribution in [2.75, 3.05) is 5.32 Å². The van der Waals surface area contributed by atoms with Crippen molar-refractivity contribution in [2.24, 2.45) is 0 Å². The number of anilines is 2. The number of imidazole rings is 1. The van der Waals surface area contributed by atoms with Crippen molar-refractivity contribution >= 4 is 33.3 Å². The fraction of sp³-hybridized carbons (Fsp3) is 0. The first-order chi connectivity index (χ1) is 16.7. The lowest BCUT2D eigenvalue weighted by molar-refractivity contribution is 0.482. The quantitative estimate of drug-likeness (QED) is 0.324. The fourth-order valence-electron chi connectivity index (χ4n) is 3.75. The van der Waals surface area contributed by atoms with E-state index in [4.69, 9.17) is 9.72 Å². The average molecular weight is 448 g/mol. The Balaban J connectivity index is 1.30. The van der Waals surface area contributed by atoms with E-state index < -0.39 is 0 Å². The first-order valence-corrected chi connectivity index (χ1v) is 10.6. The number of ether oxygens (including phenoxy) is 1. The Labute approximate surface area is 193 Å². The van der Waals surface area contributed by atoms with Crippen LogP contribution in [-0.2, 0) is 0 Å². The number of fused-ring (bicyclic) bond motifs is 2. The third-order valence-electron chi connectivity index (χ3n) is 5.33. The molecule has 0 atom stereocenters. The number of rotatable bonds is 5. The molecule has 0 spiro atoms. The predicted molar refractivity (Wildman–Crippen MR) is 129 cm³/mol. The molecule has 0 fully saturated rings. The van der Waals surface area contributed by atoms with Crippen molar-refractivity contribution in [2.45, 2.75) is 0 Å². The van der Waals surface area contributed by atoms with Gasteiger partial charge in [-0.05, 0) is 54.6 Å². The van der Waals surface area contributed by atoms with Gasteiger partial charge in [0.25, 0.3) is 0 Å². The summed E-state index contributed by atoms with van der Waals surface area (Å²) in [5, 5.41) is 4.01. The second kappa shape index (κ2) is 8.25. The highest BCUT2D eigenvalue weighted by atomic mass is 19.1. The minimum atomic E-state index is -0.315. The van der Waals surface area contributed by atoms with Crippen LogP contribution >= 0.6 is 0 Å². The lowest BCUT2D eigenvalue weighted by Crippen LogP contribution is -1.95. The van der Waals surface area contributed by atoms with E-state index in [-0.39, 0.29) is 5.82 Å². The summed E-state index contributed by atoms with van der Waals surface area (Å²) in [5.74, 6) is 1.77. The van der Waals surface area contributed by atoms with Crippen LogP contribution in [0.3, 0.4) is 0 Å². The summed E-state index contributed by atoms with van der Waals surface area (Å²) in [5.41, 5.74) is 4.66. The summed E-state index contributed by atoms with van der Waals surface area (Å²) in [4.78, 5) is 20.7. The van der Waals surface area contributed by atoms with E-state index in [2.05, 4.69) is 25.3 Å². The molecule has 4 heterocycles. The third-order valence-corrected chi connectivity index (χ3v) is 5.33. The SMILES string of the molecule is Fc1ccc2nccc(Nc3cncc(-c4nc5ccc(Oc6ccncc6)cc5[nH]4)c3)c2c1. The number of halogens is 1. The van der Waals surface area contributed by atoms with Crippen LogP contribution in [-0.4, -0.2) is 24.9 Å². The van der Waals surface area contributed by atoms with Gasteiger partial charge in [0, 0.05) is 47.5 Å². The molecule has 0 aliphatic rings. The summed E-state index contributed by atoms with van der Waals surface area (Å²) in [6, 6.07) is 17.5. The molecule has 0 saturated heterocycles. The molecule has 7 nitrogen and oxygen atoms in total. The maximum absolute atomic E-state index is 13.8. The van der Waals surface area contributed by atoms with Crippen molar-refractivity contribution in [3.63, 3.8) is 0 Å². The van der Waals surface area contributed by atoms with Gasteiger partial charge in [-0.1, -0.05) is 0 Å². The Bertz CT molecular complexity index is 1630. The normalized spacial score (nSPS) is 11.1. The largest absolute Gasteiger partial charge is 0.457 e. The fourth-order valence-corrected chi connectivity index (χ4v) is 3.75. The summed E-state index contributed by atoms with van der Waals surface area (Å²) in [7, 11) is 0. The first kappa shape index (κ1) is 19.8. The molecular weight excluding hydrogens is 431 g/mol. The minimum absolute atomic E-state index is 0.315. The zero-order chi connectivity index (χ0) is 22.9. The van der Waals surface area contributed by atoms with E-state index in [0.717, 1.165) is 28.0 Å². The van der Waals surface area contributed by atoms with Gasteiger partial charge in [0.15, 0.2) is 0 Å². The second-order valence-corrected chi connectivity index (χ2v) is 7.66. The molecule has 0 bridgehead atoms. The van der Waals surface area contributed by atoms with Crippen LogP contribution in [0.15, 0.2) is 91.6 Å². The van der Waals surface area contributed by atoms with Crippen LogP contribution in [0.1, 0.15) is 0 Å². The second-order valence-electron chi connectivity index (χ2n) is 7.66. The van der Waals surface area contributed by atoms with E-state index in [9.17, 15) is 4.39 Å². The van der Waals surface area contributed by atoms with Gasteiger partial charge in [-0.15, -0.1) is 0 Å². The molecule has 6 aromatic rings. The first-order valence-electron chi connectivity index (χ1n) is 10.6. The number of benzene rings is 2. The maximum Gasteiger partial charge on any atom is 0.140 e. The van der Waals surface area contributed by atoms with Crippen molar-refractivity contribution in [1.29, 1.82) is 0 Å². The number of nitrogens with zero attached hydrogens (tertiary/aromatic N) is 4. The molecule has 0 aliphatic carbocycles.